The maximum absolute atomic E-state index is 13.3. The highest BCUT2D eigenvalue weighted by Gasteiger charge is 2.28. The highest BCUT2D eigenvalue weighted by Crippen LogP contribution is 2.22. The average molecular weight is 469 g/mol. The van der Waals surface area contributed by atoms with E-state index in [0.29, 0.717) is 28.6 Å². The fourth-order valence-corrected chi connectivity index (χ4v) is 4.63. The van der Waals surface area contributed by atoms with Crippen LogP contribution in [0.25, 0.3) is 10.9 Å². The van der Waals surface area contributed by atoms with Crippen molar-refractivity contribution in [2.75, 3.05) is 32.1 Å². The lowest BCUT2D eigenvalue weighted by Gasteiger charge is -2.30. The van der Waals surface area contributed by atoms with Crippen LogP contribution in [-0.2, 0) is 6.54 Å². The number of halogens is 1. The van der Waals surface area contributed by atoms with Gasteiger partial charge in [0.1, 0.15) is 5.75 Å². The Bertz CT molecular complexity index is 1200. The molecular formula is C25H29ClN4O3. The lowest BCUT2D eigenvalue weighted by molar-refractivity contribution is 0.174. The highest BCUT2D eigenvalue weighted by atomic mass is 35.5. The fourth-order valence-electron chi connectivity index (χ4n) is 4.44. The molecule has 0 spiro atoms. The lowest BCUT2D eigenvalue weighted by Crippen LogP contribution is -2.45. The van der Waals surface area contributed by atoms with E-state index in [4.69, 9.17) is 16.3 Å². The Morgan fingerprint density at radius 1 is 1.27 bits per heavy atom. The van der Waals surface area contributed by atoms with Gasteiger partial charge in [0.25, 0.3) is 5.56 Å². The molecule has 8 heteroatoms. The van der Waals surface area contributed by atoms with Crippen molar-refractivity contribution in [3.63, 3.8) is 0 Å². The number of likely N-dealkylation sites (N-methyl/N-ethyl adjacent to an activating group) is 1. The predicted molar refractivity (Wildman–Crippen MR) is 132 cm³/mol. The van der Waals surface area contributed by atoms with Gasteiger partial charge in [0, 0.05) is 39.8 Å². The summed E-state index contributed by atoms with van der Waals surface area (Å²) >= 11 is 6.09. The molecule has 1 saturated heterocycles. The van der Waals surface area contributed by atoms with Crippen LogP contribution < -0.4 is 15.6 Å². The van der Waals surface area contributed by atoms with Gasteiger partial charge in [-0.15, -0.1) is 0 Å². The first-order valence-corrected chi connectivity index (χ1v) is 11.6. The van der Waals surface area contributed by atoms with Crippen LogP contribution >= 0.6 is 11.6 Å². The van der Waals surface area contributed by atoms with Gasteiger partial charge in [-0.05, 0) is 68.4 Å². The van der Waals surface area contributed by atoms with Crippen molar-refractivity contribution in [1.29, 1.82) is 0 Å². The number of carbonyl (C=O) groups excluding carboxylic acids is 1. The fraction of sp³-hybridized carbons (Fsp3) is 0.360. The van der Waals surface area contributed by atoms with Gasteiger partial charge in [0.15, 0.2) is 0 Å². The number of benzene rings is 2. The van der Waals surface area contributed by atoms with Crippen molar-refractivity contribution < 1.29 is 9.53 Å². The van der Waals surface area contributed by atoms with E-state index in [9.17, 15) is 9.59 Å². The Morgan fingerprint density at radius 2 is 2.12 bits per heavy atom. The van der Waals surface area contributed by atoms with E-state index in [-0.39, 0.29) is 24.2 Å². The Balaban J connectivity index is 1.63. The average Bonchev–Trinajstić information content (AvgIpc) is 3.26. The number of rotatable bonds is 7. The van der Waals surface area contributed by atoms with E-state index in [1.807, 2.05) is 24.3 Å². The van der Waals surface area contributed by atoms with E-state index in [1.165, 1.54) is 0 Å². The van der Waals surface area contributed by atoms with Gasteiger partial charge >= 0.3 is 6.03 Å². The van der Waals surface area contributed by atoms with E-state index in [0.717, 1.165) is 36.8 Å². The van der Waals surface area contributed by atoms with Crippen LogP contribution in [0.3, 0.4) is 0 Å². The van der Waals surface area contributed by atoms with Crippen LogP contribution in [-0.4, -0.2) is 53.6 Å². The Labute approximate surface area is 198 Å². The van der Waals surface area contributed by atoms with Crippen molar-refractivity contribution in [1.82, 2.24) is 14.8 Å². The molecule has 1 aliphatic rings. The molecule has 33 heavy (non-hydrogen) atoms. The first-order chi connectivity index (χ1) is 16.0. The molecule has 0 unspecified atom stereocenters. The number of fused-ring (bicyclic) bond motifs is 1. The number of hydrogen-bond acceptors (Lipinski definition) is 4. The second-order valence-electron chi connectivity index (χ2n) is 8.32. The Hall–Kier alpha value is -3.03. The van der Waals surface area contributed by atoms with Gasteiger partial charge in [-0.3, -0.25) is 9.69 Å². The molecule has 1 aliphatic heterocycles. The van der Waals surface area contributed by atoms with Crippen LogP contribution in [0.4, 0.5) is 10.5 Å². The number of hydrogen-bond donors (Lipinski definition) is 2. The van der Waals surface area contributed by atoms with Crippen molar-refractivity contribution >= 4 is 34.2 Å². The number of nitrogens with zero attached hydrogens (tertiary/aromatic N) is 2. The molecule has 2 N–H and O–H groups in total. The summed E-state index contributed by atoms with van der Waals surface area (Å²) in [6.07, 6.45) is 2.14. The zero-order valence-corrected chi connectivity index (χ0v) is 19.7. The molecule has 0 aliphatic carbocycles. The van der Waals surface area contributed by atoms with Gasteiger partial charge in [0.05, 0.1) is 13.7 Å². The SMILES string of the molecule is CCN1CCC[C@H]1CN(Cc1cc2cc(OC)ccc2[nH]c1=O)C(=O)Nc1cccc(Cl)c1. The first-order valence-electron chi connectivity index (χ1n) is 11.2. The lowest BCUT2D eigenvalue weighted by atomic mass is 10.1. The number of ether oxygens (including phenoxy) is 1. The van der Waals surface area contributed by atoms with E-state index < -0.39 is 0 Å². The standard InChI is InChI=1S/C25H29ClN4O3/c1-3-29-11-5-8-21(29)16-30(25(32)27-20-7-4-6-19(26)14-20)15-18-12-17-13-22(33-2)9-10-23(17)28-24(18)31/h4,6-7,9-10,12-14,21H,3,5,8,11,15-16H2,1-2H3,(H,27,32)(H,28,31)/t21-/m0/s1. The molecule has 1 atom stereocenters. The summed E-state index contributed by atoms with van der Waals surface area (Å²) in [6.45, 7) is 4.83. The molecule has 0 bridgehead atoms. The van der Waals surface area contributed by atoms with Gasteiger partial charge in [-0.1, -0.05) is 24.6 Å². The number of pyridine rings is 1. The van der Waals surface area contributed by atoms with Gasteiger partial charge in [-0.2, -0.15) is 0 Å². The number of anilines is 1. The number of carbonyl (C=O) groups is 1. The van der Waals surface area contributed by atoms with Crippen LogP contribution in [0, 0.1) is 0 Å². The Morgan fingerprint density at radius 3 is 2.88 bits per heavy atom. The summed E-state index contributed by atoms with van der Waals surface area (Å²) in [4.78, 5) is 33.2. The molecule has 7 nitrogen and oxygen atoms in total. The largest absolute Gasteiger partial charge is 0.497 e. The highest BCUT2D eigenvalue weighted by molar-refractivity contribution is 6.30. The smallest absolute Gasteiger partial charge is 0.322 e. The molecule has 3 aromatic rings. The molecule has 174 valence electrons. The molecule has 4 rings (SSSR count). The number of likely N-dealkylation sites (tertiary alicyclic amines) is 1. The number of H-pyrrole nitrogens is 1. The van der Waals surface area contributed by atoms with E-state index in [2.05, 4.69) is 22.1 Å². The topological polar surface area (TPSA) is 77.7 Å². The minimum Gasteiger partial charge on any atom is -0.497 e. The summed E-state index contributed by atoms with van der Waals surface area (Å²) in [6, 6.07) is 14.4. The minimum absolute atomic E-state index is 0.197. The van der Waals surface area contributed by atoms with Crippen LogP contribution in [0.5, 0.6) is 5.75 Å². The number of aromatic amines is 1. The molecule has 2 heterocycles. The third kappa shape index (κ3) is 5.49. The van der Waals surface area contributed by atoms with Crippen molar-refractivity contribution in [3.8, 4) is 5.75 Å². The quantitative estimate of drug-likeness (QED) is 0.526. The molecule has 0 radical (unpaired) electrons. The third-order valence-electron chi connectivity index (χ3n) is 6.19. The maximum Gasteiger partial charge on any atom is 0.322 e. The molecule has 1 fully saturated rings. The second kappa shape index (κ2) is 10.3. The summed E-state index contributed by atoms with van der Waals surface area (Å²) in [7, 11) is 1.61. The summed E-state index contributed by atoms with van der Waals surface area (Å²) < 4.78 is 5.32. The number of methoxy groups -OCH3 is 1. The van der Waals surface area contributed by atoms with E-state index >= 15 is 0 Å². The van der Waals surface area contributed by atoms with Crippen LogP contribution in [0.15, 0.2) is 53.3 Å². The van der Waals surface area contributed by atoms with Gasteiger partial charge in [0.2, 0.25) is 0 Å². The first kappa shape index (κ1) is 23.1. The number of urea groups is 1. The molecular weight excluding hydrogens is 440 g/mol. The molecule has 1 aromatic heterocycles. The normalized spacial score (nSPS) is 16.2. The van der Waals surface area contributed by atoms with Gasteiger partial charge in [-0.25, -0.2) is 4.79 Å². The van der Waals surface area contributed by atoms with Crippen LogP contribution in [0.2, 0.25) is 5.02 Å². The zero-order chi connectivity index (χ0) is 23.4. The number of amides is 2. The van der Waals surface area contributed by atoms with Crippen molar-refractivity contribution in [3.05, 3.63) is 69.5 Å². The number of nitrogens with one attached hydrogen (secondary N) is 2. The van der Waals surface area contributed by atoms with Crippen molar-refractivity contribution in [2.24, 2.45) is 0 Å². The Kier molecular flexibility index (Phi) is 7.20. The molecule has 0 saturated carbocycles. The predicted octanol–water partition coefficient (Wildman–Crippen LogP) is 4.71. The zero-order valence-electron chi connectivity index (χ0n) is 18.9. The third-order valence-corrected chi connectivity index (χ3v) is 6.42. The summed E-state index contributed by atoms with van der Waals surface area (Å²) in [5.74, 6) is 0.709. The van der Waals surface area contributed by atoms with Gasteiger partial charge < -0.3 is 19.9 Å². The van der Waals surface area contributed by atoms with Crippen LogP contribution in [0.1, 0.15) is 25.3 Å². The molecule has 2 aromatic carbocycles. The maximum atomic E-state index is 13.3. The summed E-state index contributed by atoms with van der Waals surface area (Å²) in [5, 5.41) is 4.34. The molecule has 2 amide bonds. The minimum atomic E-state index is -0.259. The monoisotopic (exact) mass is 468 g/mol. The van der Waals surface area contributed by atoms with Crippen molar-refractivity contribution in [2.45, 2.75) is 32.4 Å². The number of aromatic nitrogens is 1. The van der Waals surface area contributed by atoms with E-state index in [1.54, 1.807) is 36.3 Å². The second-order valence-corrected chi connectivity index (χ2v) is 8.76. The summed E-state index contributed by atoms with van der Waals surface area (Å²) in [5.41, 5.74) is 1.67.